The van der Waals surface area contributed by atoms with Crippen molar-refractivity contribution in [2.75, 3.05) is 13.7 Å². The number of benzene rings is 3. The van der Waals surface area contributed by atoms with E-state index in [9.17, 15) is 10.6 Å². The van der Waals surface area contributed by atoms with E-state index in [2.05, 4.69) is 10.0 Å². The van der Waals surface area contributed by atoms with Crippen LogP contribution in [0.1, 0.15) is 16.7 Å². The lowest BCUT2D eigenvalue weighted by molar-refractivity contribution is -0.380. The molecule has 0 radical (unpaired) electrons. The number of hydrogen-bond acceptors (Lipinski definition) is 7. The van der Waals surface area contributed by atoms with Gasteiger partial charge in [-0.05, 0) is 22.2 Å². The van der Waals surface area contributed by atoms with Crippen molar-refractivity contribution in [2.45, 2.75) is 50.1 Å². The highest BCUT2D eigenvalue weighted by Gasteiger charge is 2.57. The summed E-state index contributed by atoms with van der Waals surface area (Å²) < 4.78 is 30.8. The predicted octanol–water partition coefficient (Wildman–Crippen LogP) is 4.74. The van der Waals surface area contributed by atoms with E-state index >= 15 is 0 Å². The van der Waals surface area contributed by atoms with Crippen LogP contribution in [0.3, 0.4) is 0 Å². The molecule has 1 heterocycles. The van der Waals surface area contributed by atoms with E-state index in [1.807, 2.05) is 91.0 Å². The highest BCUT2D eigenvalue weighted by molar-refractivity contribution is 5.16. The molecule has 1 N–H and O–H groups in total. The highest BCUT2D eigenvalue weighted by Crippen LogP contribution is 2.37. The number of azide groups is 1. The largest absolute Gasteiger partial charge is 0.391 e. The Morgan fingerprint density at radius 3 is 1.68 bits per heavy atom. The molecule has 0 aliphatic carbocycles. The minimum absolute atomic E-state index is 0.211. The summed E-state index contributed by atoms with van der Waals surface area (Å²) in [7, 11) is 1.40. The minimum atomic E-state index is -1.65. The SMILES string of the molecule is CO[C@@]1(CO)O[C@@H](N=[N+]=[N-])[C@H](OCc2ccccc2)[C@@H](OCc2ccccc2)[C@@H]1OCc1ccccc1. The van der Waals surface area contributed by atoms with Gasteiger partial charge in [0.05, 0.1) is 19.8 Å². The van der Waals surface area contributed by atoms with Gasteiger partial charge in [-0.3, -0.25) is 0 Å². The summed E-state index contributed by atoms with van der Waals surface area (Å²) in [4.78, 5) is 2.96. The van der Waals surface area contributed by atoms with E-state index in [-0.39, 0.29) is 19.8 Å². The Hall–Kier alpha value is -3.27. The summed E-state index contributed by atoms with van der Waals surface area (Å²) in [5, 5.41) is 14.3. The van der Waals surface area contributed by atoms with E-state index in [1.165, 1.54) is 7.11 Å². The van der Waals surface area contributed by atoms with Crippen molar-refractivity contribution in [3.8, 4) is 0 Å². The predicted molar refractivity (Wildman–Crippen MR) is 136 cm³/mol. The van der Waals surface area contributed by atoms with Gasteiger partial charge in [0.15, 0.2) is 6.23 Å². The van der Waals surface area contributed by atoms with Gasteiger partial charge in [0, 0.05) is 12.0 Å². The van der Waals surface area contributed by atoms with Crippen molar-refractivity contribution in [1.29, 1.82) is 0 Å². The number of hydrogen-bond donors (Lipinski definition) is 1. The monoisotopic (exact) mass is 505 g/mol. The van der Waals surface area contributed by atoms with Crippen molar-refractivity contribution < 1.29 is 28.8 Å². The molecule has 0 amide bonds. The average molecular weight is 506 g/mol. The normalized spacial score (nSPS) is 25.4. The number of aliphatic hydroxyl groups is 1. The molecule has 0 saturated carbocycles. The molecule has 0 unspecified atom stereocenters. The number of rotatable bonds is 12. The van der Waals surface area contributed by atoms with Gasteiger partial charge < -0.3 is 28.8 Å². The molecule has 0 aromatic heterocycles. The molecule has 1 saturated heterocycles. The van der Waals surface area contributed by atoms with Crippen molar-refractivity contribution in [3.63, 3.8) is 0 Å². The van der Waals surface area contributed by atoms with Crippen LogP contribution in [0.25, 0.3) is 10.4 Å². The van der Waals surface area contributed by atoms with Crippen molar-refractivity contribution in [3.05, 3.63) is 118 Å². The second kappa shape index (κ2) is 13.3. The molecule has 5 atom stereocenters. The van der Waals surface area contributed by atoms with E-state index in [1.54, 1.807) is 0 Å². The molecule has 194 valence electrons. The number of methoxy groups -OCH3 is 1. The zero-order chi connectivity index (χ0) is 25.9. The van der Waals surface area contributed by atoms with Crippen LogP contribution in [-0.2, 0) is 43.5 Å². The Labute approximate surface area is 216 Å². The molecule has 37 heavy (non-hydrogen) atoms. The molecule has 3 aromatic rings. The first-order valence-electron chi connectivity index (χ1n) is 12.0. The van der Waals surface area contributed by atoms with Gasteiger partial charge in [-0.2, -0.15) is 0 Å². The molecule has 1 fully saturated rings. The molecule has 9 nitrogen and oxygen atoms in total. The van der Waals surface area contributed by atoms with Gasteiger partial charge >= 0.3 is 0 Å². The topological polar surface area (TPSA) is 115 Å². The maximum atomic E-state index is 10.4. The minimum Gasteiger partial charge on any atom is -0.391 e. The van der Waals surface area contributed by atoms with Crippen LogP contribution < -0.4 is 0 Å². The molecule has 9 heteroatoms. The van der Waals surface area contributed by atoms with Gasteiger partial charge in [0.25, 0.3) is 0 Å². The van der Waals surface area contributed by atoms with Crippen LogP contribution >= 0.6 is 0 Å². The fourth-order valence-corrected chi connectivity index (χ4v) is 4.29. The zero-order valence-corrected chi connectivity index (χ0v) is 20.6. The molecule has 0 bridgehead atoms. The fourth-order valence-electron chi connectivity index (χ4n) is 4.29. The van der Waals surface area contributed by atoms with Crippen LogP contribution in [0, 0.1) is 0 Å². The van der Waals surface area contributed by atoms with E-state index in [0.29, 0.717) is 0 Å². The maximum absolute atomic E-state index is 10.4. The van der Waals surface area contributed by atoms with Crippen LogP contribution in [-0.4, -0.2) is 49.2 Å². The van der Waals surface area contributed by atoms with Crippen molar-refractivity contribution in [2.24, 2.45) is 5.11 Å². The molecular weight excluding hydrogens is 474 g/mol. The molecular formula is C28H31N3O6. The Bertz CT molecular complexity index is 1120. The summed E-state index contributed by atoms with van der Waals surface area (Å²) in [6, 6.07) is 28.9. The van der Waals surface area contributed by atoms with E-state index in [0.717, 1.165) is 16.7 Å². The van der Waals surface area contributed by atoms with Gasteiger partial charge in [-0.1, -0.05) is 96.1 Å². The smallest absolute Gasteiger partial charge is 0.221 e. The Morgan fingerprint density at radius 1 is 0.784 bits per heavy atom. The second-order valence-electron chi connectivity index (χ2n) is 8.63. The van der Waals surface area contributed by atoms with Crippen molar-refractivity contribution in [1.82, 2.24) is 0 Å². The van der Waals surface area contributed by atoms with E-state index < -0.39 is 36.9 Å². The summed E-state index contributed by atoms with van der Waals surface area (Å²) in [5.41, 5.74) is 12.1. The number of aliphatic hydroxyl groups excluding tert-OH is 1. The quantitative estimate of drug-likeness (QED) is 0.216. The lowest BCUT2D eigenvalue weighted by Crippen LogP contribution is -2.68. The summed E-state index contributed by atoms with van der Waals surface area (Å²) >= 11 is 0. The first-order valence-corrected chi connectivity index (χ1v) is 12.0. The Kier molecular flexibility index (Phi) is 9.65. The standard InChI is InChI=1S/C28H31N3O6/c1-33-28(20-32)26(36-19-23-15-9-4-10-16-23)24(34-17-21-11-5-2-6-12-21)25(27(37-28)30-31-29)35-18-22-13-7-3-8-14-22/h2-16,24-27,32H,17-20H2,1H3/t24-,25-,26+,27-,28+/m1/s1. The third-order valence-electron chi connectivity index (χ3n) is 6.23. The summed E-state index contributed by atoms with van der Waals surface area (Å²) in [5.74, 6) is -1.65. The zero-order valence-electron chi connectivity index (χ0n) is 20.6. The van der Waals surface area contributed by atoms with Gasteiger partial charge in [0.2, 0.25) is 5.79 Å². The first-order chi connectivity index (χ1) is 18.2. The van der Waals surface area contributed by atoms with Gasteiger partial charge in [0.1, 0.15) is 24.9 Å². The second-order valence-corrected chi connectivity index (χ2v) is 8.63. The van der Waals surface area contributed by atoms with Crippen LogP contribution in [0.15, 0.2) is 96.1 Å². The molecule has 1 aliphatic heterocycles. The average Bonchev–Trinajstić information content (AvgIpc) is 2.96. The third-order valence-corrected chi connectivity index (χ3v) is 6.23. The highest BCUT2D eigenvalue weighted by atomic mass is 16.7. The molecule has 0 spiro atoms. The van der Waals surface area contributed by atoms with E-state index in [4.69, 9.17) is 23.7 Å². The first kappa shape index (κ1) is 26.8. The Balaban J connectivity index is 1.67. The number of ether oxygens (including phenoxy) is 5. The third kappa shape index (κ3) is 6.74. The van der Waals surface area contributed by atoms with Crippen LogP contribution in [0.5, 0.6) is 0 Å². The number of nitrogens with zero attached hydrogens (tertiary/aromatic N) is 3. The van der Waals surface area contributed by atoms with Gasteiger partial charge in [-0.25, -0.2) is 0 Å². The summed E-state index contributed by atoms with van der Waals surface area (Å²) in [6.45, 7) is 0.109. The Morgan fingerprint density at radius 2 is 1.24 bits per heavy atom. The van der Waals surface area contributed by atoms with Gasteiger partial charge in [-0.15, -0.1) is 0 Å². The fraction of sp³-hybridized carbons (Fsp3) is 0.357. The maximum Gasteiger partial charge on any atom is 0.221 e. The summed E-state index contributed by atoms with van der Waals surface area (Å²) in [6.07, 6.45) is -3.73. The van der Waals surface area contributed by atoms with Crippen LogP contribution in [0.4, 0.5) is 0 Å². The molecule has 3 aromatic carbocycles. The van der Waals surface area contributed by atoms with Crippen molar-refractivity contribution >= 4 is 0 Å². The molecule has 4 rings (SSSR count). The lowest BCUT2D eigenvalue weighted by Gasteiger charge is -2.50. The van der Waals surface area contributed by atoms with Crippen LogP contribution in [0.2, 0.25) is 0 Å². The lowest BCUT2D eigenvalue weighted by atomic mass is 9.94. The molecule has 1 aliphatic rings.